The summed E-state index contributed by atoms with van der Waals surface area (Å²) < 4.78 is 17.0. The molecule has 0 bridgehead atoms. The van der Waals surface area contributed by atoms with Gasteiger partial charge in [0.1, 0.15) is 6.61 Å². The minimum absolute atomic E-state index is 0.221. The van der Waals surface area contributed by atoms with Gasteiger partial charge in [0, 0.05) is 0 Å². The molecule has 6 rings (SSSR count). The van der Waals surface area contributed by atoms with Crippen molar-refractivity contribution in [2.75, 3.05) is 6.61 Å². The van der Waals surface area contributed by atoms with E-state index < -0.39 is 34.9 Å². The highest BCUT2D eigenvalue weighted by atomic mass is 79.9. The van der Waals surface area contributed by atoms with E-state index in [1.807, 2.05) is 78.9 Å². The zero-order valence-corrected chi connectivity index (χ0v) is 26.0. The van der Waals surface area contributed by atoms with Crippen LogP contribution < -0.4 is 0 Å². The third-order valence-corrected chi connectivity index (χ3v) is 8.42. The maximum atomic E-state index is 13.4. The molecule has 0 aliphatic carbocycles. The lowest BCUT2D eigenvalue weighted by atomic mass is 10.1. The number of ether oxygens (including phenoxy) is 3. The van der Waals surface area contributed by atoms with E-state index in [9.17, 15) is 19.2 Å². The van der Waals surface area contributed by atoms with Crippen molar-refractivity contribution >= 4 is 72.4 Å². The Bertz CT molecular complexity index is 2090. The van der Waals surface area contributed by atoms with E-state index in [1.54, 1.807) is 48.5 Å². The number of carbonyl (C=O) groups excluding carboxylic acids is 4. The Morgan fingerprint density at radius 1 is 0.543 bits per heavy atom. The lowest BCUT2D eigenvalue weighted by Gasteiger charge is -2.27. The SMILES string of the molecule is O=CC(OC(=O)c1ccc2ccccc2c1)C(OC(=O)c1ccc2ccccc2c1)C(Br)COC(=O)c1ccc2ccccc2c1. The molecular formula is C38H27BrO7. The number of hydrogen-bond donors (Lipinski definition) is 0. The molecule has 0 spiro atoms. The van der Waals surface area contributed by atoms with Crippen LogP contribution in [0.1, 0.15) is 31.1 Å². The summed E-state index contributed by atoms with van der Waals surface area (Å²) in [5.74, 6) is -2.12. The van der Waals surface area contributed by atoms with E-state index in [-0.39, 0.29) is 17.7 Å². The number of benzene rings is 6. The van der Waals surface area contributed by atoms with Crippen molar-refractivity contribution < 1.29 is 33.4 Å². The second-order valence-electron chi connectivity index (χ2n) is 10.7. The third-order valence-electron chi connectivity index (χ3n) is 7.63. The van der Waals surface area contributed by atoms with E-state index in [2.05, 4.69) is 15.9 Å². The highest BCUT2D eigenvalue weighted by molar-refractivity contribution is 9.09. The van der Waals surface area contributed by atoms with Gasteiger partial charge in [0.2, 0.25) is 0 Å². The Morgan fingerprint density at radius 3 is 1.37 bits per heavy atom. The van der Waals surface area contributed by atoms with Gasteiger partial charge in [-0.25, -0.2) is 14.4 Å². The summed E-state index contributed by atoms with van der Waals surface area (Å²) in [6.07, 6.45) is -2.46. The van der Waals surface area contributed by atoms with Gasteiger partial charge in [-0.2, -0.15) is 0 Å². The first-order chi connectivity index (χ1) is 22.4. The van der Waals surface area contributed by atoms with Crippen LogP contribution in [0, 0.1) is 0 Å². The summed E-state index contributed by atoms with van der Waals surface area (Å²) in [4.78, 5) is 51.1. The summed E-state index contributed by atoms with van der Waals surface area (Å²) in [5, 5.41) is 5.35. The molecule has 3 unspecified atom stereocenters. The first-order valence-corrected chi connectivity index (χ1v) is 15.5. The number of rotatable bonds is 10. The van der Waals surface area contributed by atoms with Crippen LogP contribution in [0.2, 0.25) is 0 Å². The molecule has 0 aliphatic heterocycles. The normalized spacial score (nSPS) is 13.1. The Hall–Kier alpha value is -5.34. The fraction of sp³-hybridized carbons (Fsp3) is 0.105. The molecule has 46 heavy (non-hydrogen) atoms. The molecule has 6 aromatic rings. The molecule has 7 nitrogen and oxygen atoms in total. The van der Waals surface area contributed by atoms with Crippen LogP contribution in [-0.2, 0) is 19.0 Å². The lowest BCUT2D eigenvalue weighted by Crippen LogP contribution is -2.44. The lowest BCUT2D eigenvalue weighted by molar-refractivity contribution is -0.122. The van der Waals surface area contributed by atoms with Gasteiger partial charge >= 0.3 is 17.9 Å². The van der Waals surface area contributed by atoms with Crippen molar-refractivity contribution in [1.29, 1.82) is 0 Å². The smallest absolute Gasteiger partial charge is 0.338 e. The van der Waals surface area contributed by atoms with Crippen molar-refractivity contribution in [3.63, 3.8) is 0 Å². The van der Waals surface area contributed by atoms with E-state index in [4.69, 9.17) is 14.2 Å². The van der Waals surface area contributed by atoms with Crippen LogP contribution in [-0.4, -0.2) is 47.8 Å². The first-order valence-electron chi connectivity index (χ1n) is 14.5. The van der Waals surface area contributed by atoms with Crippen molar-refractivity contribution in [2.24, 2.45) is 0 Å². The summed E-state index contributed by atoms with van der Waals surface area (Å²) in [7, 11) is 0. The van der Waals surface area contributed by atoms with Gasteiger partial charge in [-0.3, -0.25) is 4.79 Å². The largest absolute Gasteiger partial charge is 0.461 e. The fourth-order valence-electron chi connectivity index (χ4n) is 5.18. The average molecular weight is 676 g/mol. The molecule has 0 aromatic heterocycles. The number of hydrogen-bond acceptors (Lipinski definition) is 7. The quantitative estimate of drug-likeness (QED) is 0.0635. The zero-order chi connectivity index (χ0) is 32.0. The molecule has 6 aromatic carbocycles. The molecule has 0 aliphatic rings. The van der Waals surface area contributed by atoms with Gasteiger partial charge in [0.05, 0.1) is 21.5 Å². The van der Waals surface area contributed by atoms with Gasteiger partial charge in [-0.1, -0.05) is 107 Å². The highest BCUT2D eigenvalue weighted by Crippen LogP contribution is 2.24. The maximum Gasteiger partial charge on any atom is 0.338 e. The summed E-state index contributed by atoms with van der Waals surface area (Å²) >= 11 is 3.44. The summed E-state index contributed by atoms with van der Waals surface area (Å²) in [6.45, 7) is -0.292. The molecule has 0 N–H and O–H groups in total. The molecule has 0 amide bonds. The maximum absolute atomic E-state index is 13.4. The van der Waals surface area contributed by atoms with Crippen molar-refractivity contribution in [3.8, 4) is 0 Å². The van der Waals surface area contributed by atoms with Crippen LogP contribution in [0.3, 0.4) is 0 Å². The molecule has 0 heterocycles. The molecule has 3 atom stereocenters. The summed E-state index contributed by atoms with van der Waals surface area (Å²) in [5.41, 5.74) is 0.791. The van der Waals surface area contributed by atoms with Crippen molar-refractivity contribution in [2.45, 2.75) is 17.0 Å². The minimum Gasteiger partial charge on any atom is -0.461 e. The van der Waals surface area contributed by atoms with Crippen LogP contribution in [0.25, 0.3) is 32.3 Å². The number of esters is 3. The van der Waals surface area contributed by atoms with E-state index >= 15 is 0 Å². The fourth-order valence-corrected chi connectivity index (χ4v) is 5.73. The Kier molecular flexibility index (Phi) is 9.17. The first kappa shape index (κ1) is 30.7. The van der Waals surface area contributed by atoms with Crippen LogP contribution >= 0.6 is 15.9 Å². The number of aldehydes is 1. The molecule has 0 radical (unpaired) electrons. The molecule has 0 fully saturated rings. The second kappa shape index (κ2) is 13.7. The minimum atomic E-state index is -1.52. The van der Waals surface area contributed by atoms with Gasteiger partial charge in [0.15, 0.2) is 18.5 Å². The average Bonchev–Trinajstić information content (AvgIpc) is 3.10. The van der Waals surface area contributed by atoms with Gasteiger partial charge in [-0.05, 0) is 68.7 Å². The predicted octanol–water partition coefficient (Wildman–Crippen LogP) is 7.72. The molecule has 228 valence electrons. The Morgan fingerprint density at radius 2 is 0.935 bits per heavy atom. The van der Waals surface area contributed by atoms with E-state index in [0.717, 1.165) is 32.3 Å². The zero-order valence-electron chi connectivity index (χ0n) is 24.4. The standard InChI is InChI=1S/C38H27BrO7/c39-33(23-44-36(41)30-16-13-24-7-1-4-10-27(24)19-30)35(46-38(43)32-18-15-26-9-3-6-12-29(26)21-32)34(22-40)45-37(42)31-17-14-25-8-2-5-11-28(25)20-31/h1-22,33-35H,23H2. The second-order valence-corrected chi connectivity index (χ2v) is 11.9. The van der Waals surface area contributed by atoms with Crippen molar-refractivity contribution in [3.05, 3.63) is 144 Å². The highest BCUT2D eigenvalue weighted by Gasteiger charge is 2.36. The van der Waals surface area contributed by atoms with E-state index in [1.165, 1.54) is 0 Å². The van der Waals surface area contributed by atoms with Gasteiger partial charge < -0.3 is 14.2 Å². The molecule has 8 heteroatoms. The Balaban J connectivity index is 1.23. The third kappa shape index (κ3) is 6.82. The van der Waals surface area contributed by atoms with Crippen LogP contribution in [0.5, 0.6) is 0 Å². The van der Waals surface area contributed by atoms with Gasteiger partial charge in [0.25, 0.3) is 0 Å². The van der Waals surface area contributed by atoms with Crippen LogP contribution in [0.15, 0.2) is 127 Å². The molecular weight excluding hydrogens is 648 g/mol. The monoisotopic (exact) mass is 674 g/mol. The van der Waals surface area contributed by atoms with Crippen LogP contribution in [0.4, 0.5) is 0 Å². The number of carbonyl (C=O) groups is 4. The number of halogens is 1. The Labute approximate surface area is 272 Å². The predicted molar refractivity (Wildman–Crippen MR) is 179 cm³/mol. The number of alkyl halides is 1. The topological polar surface area (TPSA) is 96.0 Å². The summed E-state index contributed by atoms with van der Waals surface area (Å²) in [6, 6.07) is 37.9. The van der Waals surface area contributed by atoms with Gasteiger partial charge in [-0.15, -0.1) is 0 Å². The number of fused-ring (bicyclic) bond motifs is 3. The van der Waals surface area contributed by atoms with E-state index in [0.29, 0.717) is 11.8 Å². The van der Waals surface area contributed by atoms with Crippen molar-refractivity contribution in [1.82, 2.24) is 0 Å². The molecule has 0 saturated heterocycles. The molecule has 0 saturated carbocycles.